The van der Waals surface area contributed by atoms with Crippen molar-refractivity contribution in [2.75, 3.05) is 5.32 Å². The van der Waals surface area contributed by atoms with Crippen molar-refractivity contribution < 1.29 is 17.9 Å². The molecule has 0 heterocycles. The lowest BCUT2D eigenvalue weighted by Crippen LogP contribution is -2.30. The first kappa shape index (κ1) is 19.0. The van der Waals surface area contributed by atoms with Crippen LogP contribution in [0.3, 0.4) is 0 Å². The van der Waals surface area contributed by atoms with E-state index < -0.39 is 16.1 Å². The first-order valence-electron chi connectivity index (χ1n) is 7.87. The Morgan fingerprint density at radius 3 is 2.04 bits per heavy atom. The zero-order chi connectivity index (χ0) is 18.6. The Kier molecular flexibility index (Phi) is 5.81. The largest absolute Gasteiger partial charge is 0.481 e. The number of nitrogens with two attached hydrogens (primary N) is 1. The van der Waals surface area contributed by atoms with Crippen LogP contribution in [0.1, 0.15) is 32.3 Å². The molecule has 2 aromatic rings. The van der Waals surface area contributed by atoms with E-state index in [2.05, 4.69) is 19.2 Å². The van der Waals surface area contributed by atoms with E-state index in [1.807, 2.05) is 24.3 Å². The summed E-state index contributed by atoms with van der Waals surface area (Å²) < 4.78 is 28.1. The number of carbonyl (C=O) groups is 1. The van der Waals surface area contributed by atoms with Gasteiger partial charge in [0.05, 0.1) is 4.90 Å². The lowest BCUT2D eigenvalue weighted by Gasteiger charge is -2.15. The molecule has 25 heavy (non-hydrogen) atoms. The van der Waals surface area contributed by atoms with Gasteiger partial charge in [-0.1, -0.05) is 26.0 Å². The predicted molar refractivity (Wildman–Crippen MR) is 97.1 cm³/mol. The Labute approximate surface area is 148 Å². The highest BCUT2D eigenvalue weighted by molar-refractivity contribution is 7.89. The van der Waals surface area contributed by atoms with E-state index in [1.165, 1.54) is 29.8 Å². The highest BCUT2D eigenvalue weighted by Crippen LogP contribution is 2.20. The van der Waals surface area contributed by atoms with Gasteiger partial charge in [0, 0.05) is 5.69 Å². The van der Waals surface area contributed by atoms with Crippen LogP contribution in [0.2, 0.25) is 0 Å². The van der Waals surface area contributed by atoms with Crippen LogP contribution in [-0.4, -0.2) is 20.4 Å². The Morgan fingerprint density at radius 2 is 1.56 bits per heavy atom. The molecule has 0 bridgehead atoms. The van der Waals surface area contributed by atoms with Crippen LogP contribution >= 0.6 is 0 Å². The zero-order valence-corrected chi connectivity index (χ0v) is 15.2. The van der Waals surface area contributed by atoms with Crippen molar-refractivity contribution in [2.24, 2.45) is 5.14 Å². The molecular weight excluding hydrogens is 340 g/mol. The molecule has 6 nitrogen and oxygen atoms in total. The van der Waals surface area contributed by atoms with E-state index in [-0.39, 0.29) is 10.8 Å². The summed E-state index contributed by atoms with van der Waals surface area (Å²) in [5.41, 5.74) is 1.66. The van der Waals surface area contributed by atoms with Crippen LogP contribution in [0.15, 0.2) is 53.4 Å². The van der Waals surface area contributed by atoms with Gasteiger partial charge in [-0.05, 0) is 54.8 Å². The van der Waals surface area contributed by atoms with Crippen molar-refractivity contribution in [3.05, 3.63) is 54.1 Å². The van der Waals surface area contributed by atoms with Crippen LogP contribution < -0.4 is 15.2 Å². The maximum Gasteiger partial charge on any atom is 0.265 e. The van der Waals surface area contributed by atoms with Crippen LogP contribution in [0.25, 0.3) is 0 Å². The summed E-state index contributed by atoms with van der Waals surface area (Å²) in [6, 6.07) is 13.2. The molecule has 0 fully saturated rings. The highest BCUT2D eigenvalue weighted by atomic mass is 32.2. The number of carbonyl (C=O) groups excluding carboxylic acids is 1. The van der Waals surface area contributed by atoms with Crippen molar-refractivity contribution in [1.82, 2.24) is 0 Å². The average Bonchev–Trinajstić information content (AvgIpc) is 2.55. The molecule has 0 radical (unpaired) electrons. The first-order valence-corrected chi connectivity index (χ1v) is 9.42. The van der Waals surface area contributed by atoms with E-state index in [4.69, 9.17) is 9.88 Å². The molecular formula is C18H22N2O4S. The number of ether oxygens (including phenoxy) is 1. The number of amides is 1. The standard InChI is InChI=1S/C18H22N2O4S/c1-12(2)14-4-8-16(9-5-14)24-13(3)18(21)20-15-6-10-17(11-7-15)25(19,22)23/h4-13H,1-3H3,(H,20,21)(H2,19,22,23)/t13-/m0/s1. The molecule has 0 saturated heterocycles. The molecule has 1 atom stereocenters. The average molecular weight is 362 g/mol. The predicted octanol–water partition coefficient (Wildman–Crippen LogP) is 2.86. The summed E-state index contributed by atoms with van der Waals surface area (Å²) in [5.74, 6) is 0.697. The minimum atomic E-state index is -3.75. The molecule has 134 valence electrons. The number of hydrogen-bond acceptors (Lipinski definition) is 4. The fourth-order valence-corrected chi connectivity index (χ4v) is 2.68. The molecule has 0 spiro atoms. The topological polar surface area (TPSA) is 98.5 Å². The number of sulfonamides is 1. The first-order chi connectivity index (χ1) is 11.7. The third-order valence-electron chi connectivity index (χ3n) is 3.68. The lowest BCUT2D eigenvalue weighted by atomic mass is 10.0. The fourth-order valence-electron chi connectivity index (χ4n) is 2.16. The molecule has 3 N–H and O–H groups in total. The van der Waals surface area contributed by atoms with Gasteiger partial charge >= 0.3 is 0 Å². The van der Waals surface area contributed by atoms with E-state index >= 15 is 0 Å². The number of anilines is 1. The quantitative estimate of drug-likeness (QED) is 0.825. The maximum absolute atomic E-state index is 12.2. The maximum atomic E-state index is 12.2. The minimum Gasteiger partial charge on any atom is -0.481 e. The Morgan fingerprint density at radius 1 is 1.00 bits per heavy atom. The van der Waals surface area contributed by atoms with Crippen LogP contribution in [-0.2, 0) is 14.8 Å². The van der Waals surface area contributed by atoms with E-state index in [9.17, 15) is 13.2 Å². The molecule has 0 aromatic heterocycles. The van der Waals surface area contributed by atoms with Crippen molar-refractivity contribution in [1.29, 1.82) is 0 Å². The summed E-state index contributed by atoms with van der Waals surface area (Å²) in [4.78, 5) is 12.2. The van der Waals surface area contributed by atoms with Gasteiger partial charge in [0.25, 0.3) is 5.91 Å². The smallest absolute Gasteiger partial charge is 0.265 e. The van der Waals surface area contributed by atoms with Crippen LogP contribution in [0.4, 0.5) is 5.69 Å². The van der Waals surface area contributed by atoms with Gasteiger partial charge in [0.15, 0.2) is 6.10 Å². The number of nitrogens with one attached hydrogen (secondary N) is 1. The Hall–Kier alpha value is -2.38. The molecule has 0 aliphatic rings. The van der Waals surface area contributed by atoms with Gasteiger partial charge in [-0.3, -0.25) is 4.79 Å². The van der Waals surface area contributed by atoms with Crippen molar-refractivity contribution in [3.8, 4) is 5.75 Å². The van der Waals surface area contributed by atoms with Gasteiger partial charge in [-0.2, -0.15) is 0 Å². The van der Waals surface area contributed by atoms with Crippen LogP contribution in [0.5, 0.6) is 5.75 Å². The van der Waals surface area contributed by atoms with Gasteiger partial charge in [-0.15, -0.1) is 0 Å². The highest BCUT2D eigenvalue weighted by Gasteiger charge is 2.15. The monoisotopic (exact) mass is 362 g/mol. The third-order valence-corrected chi connectivity index (χ3v) is 4.61. The number of rotatable bonds is 6. The summed E-state index contributed by atoms with van der Waals surface area (Å²) >= 11 is 0. The number of benzene rings is 2. The molecule has 2 rings (SSSR count). The second-order valence-corrected chi connectivity index (χ2v) is 7.60. The molecule has 0 aliphatic carbocycles. The third kappa shape index (κ3) is 5.30. The molecule has 0 saturated carbocycles. The van der Waals surface area contributed by atoms with Crippen molar-refractivity contribution in [2.45, 2.75) is 37.7 Å². The van der Waals surface area contributed by atoms with Gasteiger partial charge < -0.3 is 10.1 Å². The number of primary sulfonamides is 1. The van der Waals surface area contributed by atoms with E-state index in [0.717, 1.165) is 0 Å². The summed E-state index contributed by atoms with van der Waals surface area (Å²) in [5, 5.41) is 7.71. The van der Waals surface area contributed by atoms with E-state index in [1.54, 1.807) is 6.92 Å². The zero-order valence-electron chi connectivity index (χ0n) is 14.4. The van der Waals surface area contributed by atoms with Gasteiger partial charge in [-0.25, -0.2) is 13.6 Å². The Bertz CT molecular complexity index is 828. The fraction of sp³-hybridized carbons (Fsp3) is 0.278. The molecule has 1 amide bonds. The lowest BCUT2D eigenvalue weighted by molar-refractivity contribution is -0.122. The van der Waals surface area contributed by atoms with Gasteiger partial charge in [0.2, 0.25) is 10.0 Å². The normalized spacial score (nSPS) is 12.7. The second kappa shape index (κ2) is 7.67. The second-order valence-electron chi connectivity index (χ2n) is 6.04. The SMILES string of the molecule is CC(C)c1ccc(O[C@@H](C)C(=O)Nc2ccc(S(N)(=O)=O)cc2)cc1. The van der Waals surface area contributed by atoms with E-state index in [0.29, 0.717) is 17.4 Å². The summed E-state index contributed by atoms with van der Waals surface area (Å²) in [6.45, 7) is 5.85. The summed E-state index contributed by atoms with van der Waals surface area (Å²) in [7, 11) is -3.75. The Balaban J connectivity index is 1.98. The van der Waals surface area contributed by atoms with Gasteiger partial charge in [0.1, 0.15) is 5.75 Å². The molecule has 0 aliphatic heterocycles. The minimum absolute atomic E-state index is 0.0139. The molecule has 7 heteroatoms. The summed E-state index contributed by atoms with van der Waals surface area (Å²) in [6.07, 6.45) is -0.706. The molecule has 2 aromatic carbocycles. The van der Waals surface area contributed by atoms with Crippen LogP contribution in [0, 0.1) is 0 Å². The molecule has 0 unspecified atom stereocenters. The van der Waals surface area contributed by atoms with Crippen molar-refractivity contribution in [3.63, 3.8) is 0 Å². The van der Waals surface area contributed by atoms with Crippen molar-refractivity contribution >= 4 is 21.6 Å². The number of hydrogen-bond donors (Lipinski definition) is 2.